The molecule has 3 aromatic carbocycles. The topological polar surface area (TPSA) is 39.3 Å². The molecule has 1 aromatic heterocycles. The summed E-state index contributed by atoms with van der Waals surface area (Å²) >= 11 is 0. The lowest BCUT2D eigenvalue weighted by molar-refractivity contribution is -0.133. The number of rotatable bonds is 7. The van der Waals surface area contributed by atoms with Crippen molar-refractivity contribution in [2.24, 2.45) is 0 Å². The van der Waals surface area contributed by atoms with Crippen LogP contribution in [0.1, 0.15) is 41.5 Å². The molecule has 0 spiro atoms. The quantitative estimate of drug-likeness (QED) is 0.375. The molecule has 1 amide bonds. The Morgan fingerprint density at radius 2 is 1.74 bits per heavy atom. The van der Waals surface area contributed by atoms with Crippen molar-refractivity contribution < 1.29 is 9.18 Å². The summed E-state index contributed by atoms with van der Waals surface area (Å²) in [6, 6.07) is 23.4. The van der Waals surface area contributed by atoms with Crippen LogP contribution in [0.2, 0.25) is 0 Å². The van der Waals surface area contributed by atoms with Crippen LogP contribution in [0.3, 0.4) is 0 Å². The number of aryl methyl sites for hydroxylation is 1. The van der Waals surface area contributed by atoms with Gasteiger partial charge >= 0.3 is 0 Å². The second-order valence-corrected chi connectivity index (χ2v) is 9.39. The molecule has 0 aliphatic carbocycles. The van der Waals surface area contributed by atoms with E-state index in [0.717, 1.165) is 61.2 Å². The minimum atomic E-state index is -0.274. The fourth-order valence-electron chi connectivity index (χ4n) is 5.25. The van der Waals surface area contributed by atoms with Crippen molar-refractivity contribution >= 4 is 16.8 Å². The number of nitrogens with zero attached hydrogens (tertiary/aromatic N) is 2. The molecule has 2 heterocycles. The number of halogens is 1. The van der Waals surface area contributed by atoms with E-state index in [-0.39, 0.29) is 17.6 Å². The summed E-state index contributed by atoms with van der Waals surface area (Å²) in [7, 11) is 0. The van der Waals surface area contributed by atoms with Crippen LogP contribution in [-0.2, 0) is 17.8 Å². The molecule has 5 heteroatoms. The second kappa shape index (κ2) is 10.4. The predicted molar refractivity (Wildman–Crippen MR) is 139 cm³/mol. The van der Waals surface area contributed by atoms with Gasteiger partial charge in [-0.3, -0.25) is 9.69 Å². The highest BCUT2D eigenvalue weighted by molar-refractivity contribution is 5.88. The number of aromatic nitrogens is 1. The van der Waals surface area contributed by atoms with Gasteiger partial charge in [0, 0.05) is 62.2 Å². The number of hydrogen-bond acceptors (Lipinski definition) is 2. The largest absolute Gasteiger partial charge is 0.361 e. The minimum absolute atomic E-state index is 0.125. The zero-order chi connectivity index (χ0) is 24.2. The number of benzene rings is 3. The zero-order valence-electron chi connectivity index (χ0n) is 20.2. The summed E-state index contributed by atoms with van der Waals surface area (Å²) in [5, 5.41) is 1.11. The first kappa shape index (κ1) is 23.3. The SMILES string of the molecule is CCc1cccc2c(C(CC(=O)N3CCN(Cc4ccccc4)CC3)c3cccc(F)c3)c[nH]c12. The molecule has 1 saturated heterocycles. The van der Waals surface area contributed by atoms with Gasteiger partial charge in [-0.25, -0.2) is 4.39 Å². The van der Waals surface area contributed by atoms with E-state index in [9.17, 15) is 9.18 Å². The summed E-state index contributed by atoms with van der Waals surface area (Å²) in [6.45, 7) is 6.20. The van der Waals surface area contributed by atoms with Crippen LogP contribution in [0, 0.1) is 5.82 Å². The third-order valence-electron chi connectivity index (χ3n) is 7.19. The zero-order valence-corrected chi connectivity index (χ0v) is 20.2. The van der Waals surface area contributed by atoms with Gasteiger partial charge in [0.2, 0.25) is 5.91 Å². The van der Waals surface area contributed by atoms with Crippen LogP contribution in [0.4, 0.5) is 4.39 Å². The van der Waals surface area contributed by atoms with E-state index in [0.29, 0.717) is 6.42 Å². The van der Waals surface area contributed by atoms with Crippen molar-refractivity contribution in [1.29, 1.82) is 0 Å². The standard InChI is InChI=1S/C30H32FN3O/c1-2-23-10-7-13-26-28(20-32-30(23)26)27(24-11-6-12-25(31)18-24)19-29(35)34-16-14-33(15-17-34)21-22-8-4-3-5-9-22/h3-13,18,20,27,32H,2,14-17,19,21H2,1H3. The van der Waals surface area contributed by atoms with Gasteiger partial charge in [0.1, 0.15) is 5.82 Å². The number of fused-ring (bicyclic) bond motifs is 1. The van der Waals surface area contributed by atoms with Crippen LogP contribution < -0.4 is 0 Å². The molecule has 0 radical (unpaired) electrons. The number of aromatic amines is 1. The number of carbonyl (C=O) groups excluding carboxylic acids is 1. The van der Waals surface area contributed by atoms with E-state index >= 15 is 0 Å². The van der Waals surface area contributed by atoms with Gasteiger partial charge in [-0.1, -0.05) is 67.6 Å². The first-order valence-corrected chi connectivity index (χ1v) is 12.5. The van der Waals surface area contributed by atoms with Gasteiger partial charge in [0.05, 0.1) is 0 Å². The number of hydrogen-bond donors (Lipinski definition) is 1. The summed E-state index contributed by atoms with van der Waals surface area (Å²) in [5.41, 5.74) is 5.53. The van der Waals surface area contributed by atoms with Gasteiger partial charge in [0.25, 0.3) is 0 Å². The summed E-state index contributed by atoms with van der Waals surface area (Å²) in [5.74, 6) is -0.357. The lowest BCUT2D eigenvalue weighted by Crippen LogP contribution is -2.48. The van der Waals surface area contributed by atoms with Gasteiger partial charge in [-0.05, 0) is 40.8 Å². The molecule has 0 bridgehead atoms. The highest BCUT2D eigenvalue weighted by atomic mass is 19.1. The molecule has 1 fully saturated rings. The van der Waals surface area contributed by atoms with E-state index in [1.54, 1.807) is 12.1 Å². The first-order chi connectivity index (χ1) is 17.1. The Morgan fingerprint density at radius 3 is 2.49 bits per heavy atom. The highest BCUT2D eigenvalue weighted by Crippen LogP contribution is 2.35. The van der Waals surface area contributed by atoms with E-state index in [1.807, 2.05) is 23.2 Å². The van der Waals surface area contributed by atoms with Crippen molar-refractivity contribution in [3.63, 3.8) is 0 Å². The Bertz CT molecular complexity index is 1290. The molecule has 1 N–H and O–H groups in total. The average molecular weight is 470 g/mol. The molecule has 1 atom stereocenters. The molecule has 35 heavy (non-hydrogen) atoms. The van der Waals surface area contributed by atoms with E-state index in [4.69, 9.17) is 0 Å². The molecule has 1 unspecified atom stereocenters. The monoisotopic (exact) mass is 469 g/mol. The lowest BCUT2D eigenvalue weighted by atomic mass is 9.87. The third kappa shape index (κ3) is 5.15. The summed E-state index contributed by atoms with van der Waals surface area (Å²) < 4.78 is 14.2. The fraction of sp³-hybridized carbons (Fsp3) is 0.300. The van der Waals surface area contributed by atoms with Crippen LogP contribution in [-0.4, -0.2) is 46.9 Å². The second-order valence-electron chi connectivity index (χ2n) is 9.39. The van der Waals surface area contributed by atoms with Crippen molar-refractivity contribution in [3.05, 3.63) is 107 Å². The summed E-state index contributed by atoms with van der Waals surface area (Å²) in [4.78, 5) is 21.3. The first-order valence-electron chi connectivity index (χ1n) is 12.5. The van der Waals surface area contributed by atoms with Crippen LogP contribution in [0.5, 0.6) is 0 Å². The van der Waals surface area contributed by atoms with Crippen molar-refractivity contribution in [2.75, 3.05) is 26.2 Å². The molecule has 1 aliphatic rings. The average Bonchev–Trinajstić information content (AvgIpc) is 3.32. The Morgan fingerprint density at radius 1 is 0.971 bits per heavy atom. The number of nitrogens with one attached hydrogen (secondary N) is 1. The van der Waals surface area contributed by atoms with Gasteiger partial charge in [-0.2, -0.15) is 0 Å². The number of para-hydroxylation sites is 1. The normalized spacial score (nSPS) is 15.4. The van der Waals surface area contributed by atoms with Crippen LogP contribution >= 0.6 is 0 Å². The molecule has 0 saturated carbocycles. The van der Waals surface area contributed by atoms with Gasteiger partial charge < -0.3 is 9.88 Å². The van der Waals surface area contributed by atoms with Gasteiger partial charge in [0.15, 0.2) is 0 Å². The van der Waals surface area contributed by atoms with Crippen LogP contribution in [0.25, 0.3) is 10.9 Å². The maximum Gasteiger partial charge on any atom is 0.223 e. The third-order valence-corrected chi connectivity index (χ3v) is 7.19. The maximum absolute atomic E-state index is 14.2. The summed E-state index contributed by atoms with van der Waals surface area (Å²) in [6.07, 6.45) is 3.25. The van der Waals surface area contributed by atoms with Crippen molar-refractivity contribution in [1.82, 2.24) is 14.8 Å². The number of carbonyl (C=O) groups is 1. The van der Waals surface area contributed by atoms with E-state index < -0.39 is 0 Å². The molecule has 5 rings (SSSR count). The number of H-pyrrole nitrogens is 1. The highest BCUT2D eigenvalue weighted by Gasteiger charge is 2.27. The Kier molecular flexibility index (Phi) is 6.96. The Labute approximate surface area is 206 Å². The fourth-order valence-corrected chi connectivity index (χ4v) is 5.25. The molecule has 1 aliphatic heterocycles. The molecule has 4 aromatic rings. The van der Waals surface area contributed by atoms with E-state index in [2.05, 4.69) is 59.3 Å². The molecule has 4 nitrogen and oxygen atoms in total. The van der Waals surface area contributed by atoms with Gasteiger partial charge in [-0.15, -0.1) is 0 Å². The number of piperazine rings is 1. The smallest absolute Gasteiger partial charge is 0.223 e. The molecular formula is C30H32FN3O. The Balaban J connectivity index is 1.35. The minimum Gasteiger partial charge on any atom is -0.361 e. The van der Waals surface area contributed by atoms with Crippen LogP contribution in [0.15, 0.2) is 79.0 Å². The molecular weight excluding hydrogens is 437 g/mol. The molecule has 180 valence electrons. The van der Waals surface area contributed by atoms with E-state index in [1.165, 1.54) is 17.2 Å². The predicted octanol–water partition coefficient (Wildman–Crippen LogP) is 5.74. The Hall–Kier alpha value is -3.44. The number of amides is 1. The van der Waals surface area contributed by atoms with Crippen molar-refractivity contribution in [2.45, 2.75) is 32.2 Å². The lowest BCUT2D eigenvalue weighted by Gasteiger charge is -2.35. The maximum atomic E-state index is 14.2. The van der Waals surface area contributed by atoms with Crippen molar-refractivity contribution in [3.8, 4) is 0 Å².